The van der Waals surface area contributed by atoms with Gasteiger partial charge in [0.15, 0.2) is 0 Å². The van der Waals surface area contributed by atoms with Crippen LogP contribution in [0, 0.1) is 11.8 Å². The van der Waals surface area contributed by atoms with Gasteiger partial charge >= 0.3 is 0 Å². The van der Waals surface area contributed by atoms with E-state index in [9.17, 15) is 0 Å². The Labute approximate surface area is 267 Å². The molecule has 5 atom stereocenters. The van der Waals surface area contributed by atoms with Crippen LogP contribution in [0.15, 0.2) is 67.7 Å². The van der Waals surface area contributed by atoms with Gasteiger partial charge in [0.1, 0.15) is 5.69 Å². The second-order valence-electron chi connectivity index (χ2n) is 12.3. The maximum atomic E-state index is 4.56. The van der Waals surface area contributed by atoms with Gasteiger partial charge in [0.2, 0.25) is 0 Å². The molecule has 3 fully saturated rings. The molecule has 1 aromatic rings. The first-order valence-corrected chi connectivity index (χ1v) is 18.2. The molecular formula is C37H63N5S. The van der Waals surface area contributed by atoms with Crippen LogP contribution in [-0.4, -0.2) is 43.9 Å². The molecule has 5 nitrogen and oxygen atoms in total. The molecule has 2 saturated carbocycles. The molecule has 5 unspecified atom stereocenters. The van der Waals surface area contributed by atoms with E-state index in [1.807, 2.05) is 51.7 Å². The van der Waals surface area contributed by atoms with Crippen LogP contribution in [0.4, 0.5) is 0 Å². The van der Waals surface area contributed by atoms with E-state index >= 15 is 0 Å². The monoisotopic (exact) mass is 609 g/mol. The summed E-state index contributed by atoms with van der Waals surface area (Å²) >= 11 is 0. The maximum absolute atomic E-state index is 4.56. The molecule has 4 rings (SSSR count). The third kappa shape index (κ3) is 10.9. The van der Waals surface area contributed by atoms with Gasteiger partial charge in [-0.15, -0.1) is 0 Å². The summed E-state index contributed by atoms with van der Waals surface area (Å²) in [6, 6.07) is 2.55. The van der Waals surface area contributed by atoms with E-state index in [1.165, 1.54) is 49.8 Å². The highest BCUT2D eigenvalue weighted by Gasteiger charge is 2.42. The lowest BCUT2D eigenvalue weighted by Crippen LogP contribution is -2.40. The third-order valence-corrected chi connectivity index (χ3v) is 10.9. The average molecular weight is 610 g/mol. The van der Waals surface area contributed by atoms with Crippen molar-refractivity contribution in [2.24, 2.45) is 18.9 Å². The maximum Gasteiger partial charge on any atom is 0.108 e. The number of nitrogens with one attached hydrogen (secondary N) is 2. The molecular weight excluding hydrogens is 547 g/mol. The summed E-state index contributed by atoms with van der Waals surface area (Å²) < 4.78 is 5.85. The normalized spacial score (nSPS) is 22.8. The summed E-state index contributed by atoms with van der Waals surface area (Å²) in [5.74, 6) is 5.61. The molecule has 0 aromatic carbocycles. The van der Waals surface area contributed by atoms with Crippen molar-refractivity contribution in [2.45, 2.75) is 123 Å². The van der Waals surface area contributed by atoms with E-state index in [-0.39, 0.29) is 16.7 Å². The Hall–Kier alpha value is -2.47. The number of hydrogen-bond donors (Lipinski definition) is 2. The largest absolute Gasteiger partial charge is 0.375 e. The van der Waals surface area contributed by atoms with Gasteiger partial charge < -0.3 is 14.9 Å². The molecule has 2 aliphatic carbocycles. The standard InChI is InChI=1S/C33H51N5S.2C2H6/c1-24(2)32-17-14-21-38(32)27(5)31(34-26(4)30-18-22-37(7)35-30)16-13-11-9-10-12-15-28-23-29(28)25(3)36-39(8)33(6)19-20-33;2*1-2/h12,15,18,22,28-29,31-32,34,36H,1,3-5,8-11,13-14,16-17,19-21,23H2,2,6-7H3;2*1-2H3/b15-12-;;. The van der Waals surface area contributed by atoms with Crippen molar-refractivity contribution in [1.82, 2.24) is 24.7 Å². The van der Waals surface area contributed by atoms with E-state index in [4.69, 9.17) is 0 Å². The van der Waals surface area contributed by atoms with Crippen molar-refractivity contribution in [3.05, 3.63) is 73.4 Å². The fraction of sp³-hybridized carbons (Fsp3) is 0.622. The molecule has 1 saturated heterocycles. The number of nitrogens with zero attached hydrogens (tertiary/aromatic N) is 3. The van der Waals surface area contributed by atoms with E-state index in [2.05, 4.69) is 78.2 Å². The quantitative estimate of drug-likeness (QED) is 0.105. The molecule has 2 heterocycles. The third-order valence-electron chi connectivity index (χ3n) is 8.80. The first-order valence-electron chi connectivity index (χ1n) is 16.8. The van der Waals surface area contributed by atoms with Gasteiger partial charge in [-0.05, 0) is 77.2 Å². The van der Waals surface area contributed by atoms with Gasteiger partial charge in [-0.25, -0.2) is 0 Å². The second-order valence-corrected chi connectivity index (χ2v) is 14.3. The SMILES string of the molecule is C=C(NC(CCCCC/C=C\C1CC1C(=C)NS(=C)C1(C)CC1)C(=C)N1CCCC1C(=C)C)c1ccn(C)n1.CC.CC. The van der Waals surface area contributed by atoms with Crippen LogP contribution in [-0.2, 0) is 7.05 Å². The second kappa shape index (κ2) is 17.7. The number of unbranched alkanes of at least 4 members (excludes halogenated alkanes) is 3. The summed E-state index contributed by atoms with van der Waals surface area (Å²) in [7, 11) is 1.95. The molecule has 0 amide bonds. The van der Waals surface area contributed by atoms with Crippen LogP contribution >= 0.6 is 10.7 Å². The van der Waals surface area contributed by atoms with Gasteiger partial charge in [0.25, 0.3) is 0 Å². The fourth-order valence-electron chi connectivity index (χ4n) is 5.67. The Balaban J connectivity index is 0.00000155. The molecule has 242 valence electrons. The zero-order valence-corrected chi connectivity index (χ0v) is 29.5. The fourth-order valence-corrected chi connectivity index (χ4v) is 6.98. The van der Waals surface area contributed by atoms with Gasteiger partial charge in [-0.2, -0.15) is 5.10 Å². The van der Waals surface area contributed by atoms with Crippen LogP contribution in [0.1, 0.15) is 111 Å². The first kappa shape index (κ1) is 36.7. The lowest BCUT2D eigenvalue weighted by Gasteiger charge is -2.34. The lowest BCUT2D eigenvalue weighted by atomic mass is 10.0. The van der Waals surface area contributed by atoms with E-state index < -0.39 is 0 Å². The van der Waals surface area contributed by atoms with Crippen LogP contribution in [0.2, 0.25) is 0 Å². The number of likely N-dealkylation sites (tertiary alicyclic amines) is 1. The van der Waals surface area contributed by atoms with E-state index in [0.717, 1.165) is 49.3 Å². The number of aromatic nitrogens is 2. The summed E-state index contributed by atoms with van der Waals surface area (Å²) in [6.07, 6.45) is 18.7. The summed E-state index contributed by atoms with van der Waals surface area (Å²) in [5, 5.41) is 8.21. The predicted octanol–water partition coefficient (Wildman–Crippen LogP) is 9.37. The highest BCUT2D eigenvalue weighted by Crippen LogP contribution is 2.52. The molecule has 0 spiro atoms. The summed E-state index contributed by atoms with van der Waals surface area (Å²) in [5.41, 5.74) is 5.34. The van der Waals surface area contributed by atoms with Crippen molar-refractivity contribution in [2.75, 3.05) is 6.54 Å². The zero-order valence-electron chi connectivity index (χ0n) is 28.7. The Bertz CT molecular complexity index is 1120. The molecule has 0 bridgehead atoms. The van der Waals surface area contributed by atoms with Gasteiger partial charge in [-0.1, -0.05) is 101 Å². The minimum atomic E-state index is 0.00787. The summed E-state index contributed by atoms with van der Waals surface area (Å²) in [6.45, 7) is 31.0. The minimum absolute atomic E-state index is 0.00787. The summed E-state index contributed by atoms with van der Waals surface area (Å²) in [4.78, 5) is 2.46. The van der Waals surface area contributed by atoms with Gasteiger partial charge in [0.05, 0.1) is 11.7 Å². The Morgan fingerprint density at radius 3 is 2.44 bits per heavy atom. The van der Waals surface area contributed by atoms with E-state index in [1.54, 1.807) is 0 Å². The Morgan fingerprint density at radius 2 is 1.84 bits per heavy atom. The number of allylic oxidation sites excluding steroid dienone is 3. The highest BCUT2D eigenvalue weighted by molar-refractivity contribution is 8.13. The number of hydrogen-bond acceptors (Lipinski definition) is 4. The van der Waals surface area contributed by atoms with Crippen molar-refractivity contribution in [1.29, 1.82) is 0 Å². The Kier molecular flexibility index (Phi) is 15.1. The van der Waals surface area contributed by atoms with Crippen LogP contribution < -0.4 is 10.0 Å². The van der Waals surface area contributed by atoms with Gasteiger partial charge in [-0.3, -0.25) is 4.68 Å². The van der Waals surface area contributed by atoms with Crippen LogP contribution in [0.5, 0.6) is 0 Å². The van der Waals surface area contributed by atoms with Crippen LogP contribution in [0.3, 0.4) is 0 Å². The van der Waals surface area contributed by atoms with Crippen molar-refractivity contribution >= 4 is 22.2 Å². The molecule has 1 aliphatic heterocycles. The molecule has 2 N–H and O–H groups in total. The molecule has 6 heteroatoms. The average Bonchev–Trinajstić information content (AvgIpc) is 3.83. The Morgan fingerprint density at radius 1 is 1.14 bits per heavy atom. The van der Waals surface area contributed by atoms with Crippen molar-refractivity contribution in [3.8, 4) is 0 Å². The van der Waals surface area contributed by atoms with Gasteiger partial charge in [0, 0.05) is 47.9 Å². The van der Waals surface area contributed by atoms with Crippen molar-refractivity contribution < 1.29 is 0 Å². The van der Waals surface area contributed by atoms with Crippen molar-refractivity contribution in [3.63, 3.8) is 0 Å². The number of aryl methyl sites for hydroxylation is 1. The zero-order chi connectivity index (χ0) is 32.2. The number of rotatable bonds is 17. The highest BCUT2D eigenvalue weighted by atomic mass is 32.2. The molecule has 1 aromatic heterocycles. The van der Waals surface area contributed by atoms with E-state index in [0.29, 0.717) is 22.6 Å². The lowest BCUT2D eigenvalue weighted by molar-refractivity contribution is 0.317. The predicted molar refractivity (Wildman–Crippen MR) is 194 cm³/mol. The molecule has 3 aliphatic rings. The molecule has 43 heavy (non-hydrogen) atoms. The molecule has 0 radical (unpaired) electrons. The smallest absolute Gasteiger partial charge is 0.108 e. The topological polar surface area (TPSA) is 45.1 Å². The minimum Gasteiger partial charge on any atom is -0.375 e. The van der Waals surface area contributed by atoms with Crippen LogP contribution in [0.25, 0.3) is 5.70 Å². The first-order chi connectivity index (χ1) is 20.6.